The Balaban J connectivity index is 3.34. The third-order valence-corrected chi connectivity index (χ3v) is 3.95. The lowest BCUT2D eigenvalue weighted by atomic mass is 9.79. The van der Waals surface area contributed by atoms with Gasteiger partial charge < -0.3 is 10.8 Å². The molecule has 0 saturated carbocycles. The highest BCUT2D eigenvalue weighted by Crippen LogP contribution is 2.41. The van der Waals surface area contributed by atoms with Gasteiger partial charge >= 0.3 is 6.18 Å². The highest BCUT2D eigenvalue weighted by molar-refractivity contribution is 6.33. The van der Waals surface area contributed by atoms with Crippen LogP contribution in [0.5, 0.6) is 0 Å². The predicted molar refractivity (Wildman–Crippen MR) is 77.6 cm³/mol. The van der Waals surface area contributed by atoms with Crippen molar-refractivity contribution in [2.24, 2.45) is 11.1 Å². The summed E-state index contributed by atoms with van der Waals surface area (Å²) in [6, 6.07) is 1.94. The highest BCUT2D eigenvalue weighted by atomic mass is 35.5. The van der Waals surface area contributed by atoms with Gasteiger partial charge in [0.25, 0.3) is 0 Å². The summed E-state index contributed by atoms with van der Waals surface area (Å²) >= 11 is 5.74. The second-order valence-corrected chi connectivity index (χ2v) is 6.44. The van der Waals surface area contributed by atoms with Crippen LogP contribution >= 0.6 is 11.6 Å². The van der Waals surface area contributed by atoms with Crippen LogP contribution < -0.4 is 11.5 Å². The van der Waals surface area contributed by atoms with Crippen LogP contribution in [0.1, 0.15) is 44.7 Å². The molecule has 0 aromatic heterocycles. The Hall–Kier alpha value is -0.980. The van der Waals surface area contributed by atoms with Crippen molar-refractivity contribution < 1.29 is 18.3 Å². The smallest absolute Gasteiger partial charge is 0.397 e. The molecule has 7 heteroatoms. The van der Waals surface area contributed by atoms with Gasteiger partial charge in [0.15, 0.2) is 0 Å². The molecule has 0 aliphatic heterocycles. The van der Waals surface area contributed by atoms with Gasteiger partial charge in [-0.05, 0) is 24.0 Å². The van der Waals surface area contributed by atoms with Crippen molar-refractivity contribution in [3.63, 3.8) is 0 Å². The van der Waals surface area contributed by atoms with E-state index in [2.05, 4.69) is 0 Å². The van der Waals surface area contributed by atoms with E-state index in [1.807, 2.05) is 20.8 Å². The summed E-state index contributed by atoms with van der Waals surface area (Å²) in [5.41, 5.74) is 7.16. The summed E-state index contributed by atoms with van der Waals surface area (Å²) in [6.07, 6.45) is -3.87. The third-order valence-electron chi connectivity index (χ3n) is 3.64. The van der Waals surface area contributed by atoms with Crippen molar-refractivity contribution in [1.82, 2.24) is 0 Å². The molecule has 0 aliphatic carbocycles. The van der Waals surface area contributed by atoms with Gasteiger partial charge in [0.1, 0.15) is 5.72 Å². The van der Waals surface area contributed by atoms with E-state index in [4.69, 9.17) is 23.1 Å². The molecule has 1 atom stereocenters. The van der Waals surface area contributed by atoms with Gasteiger partial charge in [0.2, 0.25) is 0 Å². The molecule has 1 aromatic rings. The zero-order valence-electron chi connectivity index (χ0n) is 12.2. The Kier molecular flexibility index (Phi) is 4.87. The lowest BCUT2D eigenvalue weighted by Crippen LogP contribution is -2.41. The summed E-state index contributed by atoms with van der Waals surface area (Å²) in [5, 5.41) is 10.1. The zero-order valence-corrected chi connectivity index (χ0v) is 12.9. The first kappa shape index (κ1) is 18.1. The van der Waals surface area contributed by atoms with Gasteiger partial charge in [-0.2, -0.15) is 13.2 Å². The molecule has 0 spiro atoms. The summed E-state index contributed by atoms with van der Waals surface area (Å²) in [4.78, 5) is 0. The van der Waals surface area contributed by atoms with E-state index in [-0.39, 0.29) is 22.4 Å². The van der Waals surface area contributed by atoms with E-state index >= 15 is 0 Å². The summed E-state index contributed by atoms with van der Waals surface area (Å²) < 4.78 is 38.8. The topological polar surface area (TPSA) is 72.3 Å². The minimum atomic E-state index is -4.67. The number of hydrogen-bond donors (Lipinski definition) is 3. The maximum absolute atomic E-state index is 12.9. The number of rotatable bonds is 4. The Morgan fingerprint density at radius 3 is 2.19 bits per heavy atom. The molecule has 1 aromatic carbocycles. The lowest BCUT2D eigenvalue weighted by Gasteiger charge is -2.33. The fraction of sp³-hybridized carbons (Fsp3) is 0.571. The van der Waals surface area contributed by atoms with Crippen molar-refractivity contribution in [2.75, 3.05) is 5.73 Å². The fourth-order valence-corrected chi connectivity index (χ4v) is 2.28. The second kappa shape index (κ2) is 5.66. The quantitative estimate of drug-likeness (QED) is 0.581. The third kappa shape index (κ3) is 4.25. The average molecular weight is 325 g/mol. The molecule has 5 N–H and O–H groups in total. The Morgan fingerprint density at radius 2 is 1.76 bits per heavy atom. The van der Waals surface area contributed by atoms with Crippen LogP contribution in [0.4, 0.5) is 18.9 Å². The van der Waals surface area contributed by atoms with Crippen LogP contribution in [0, 0.1) is 5.41 Å². The van der Waals surface area contributed by atoms with Crippen LogP contribution in [0.2, 0.25) is 5.02 Å². The highest BCUT2D eigenvalue weighted by Gasteiger charge is 2.38. The van der Waals surface area contributed by atoms with Crippen molar-refractivity contribution >= 4 is 17.3 Å². The van der Waals surface area contributed by atoms with Gasteiger partial charge in [0.05, 0.1) is 16.3 Å². The van der Waals surface area contributed by atoms with E-state index in [0.717, 1.165) is 6.07 Å². The van der Waals surface area contributed by atoms with E-state index in [0.29, 0.717) is 6.42 Å². The molecule has 0 bridgehead atoms. The first-order valence-corrected chi connectivity index (χ1v) is 6.86. The number of anilines is 1. The largest absolute Gasteiger partial charge is 0.418 e. The Morgan fingerprint density at radius 1 is 1.24 bits per heavy atom. The SMILES string of the molecule is CCC(C)(C)CC(N)(O)c1cc(Cl)c(N)c(C(F)(F)F)c1. The molecule has 21 heavy (non-hydrogen) atoms. The van der Waals surface area contributed by atoms with E-state index < -0.39 is 23.2 Å². The van der Waals surface area contributed by atoms with Gasteiger partial charge in [-0.1, -0.05) is 38.8 Å². The number of nitrogen functional groups attached to an aromatic ring is 1. The number of nitrogens with two attached hydrogens (primary N) is 2. The van der Waals surface area contributed by atoms with Crippen molar-refractivity contribution in [3.8, 4) is 0 Å². The molecular formula is C14H20ClF3N2O. The normalized spacial score (nSPS) is 15.9. The van der Waals surface area contributed by atoms with Gasteiger partial charge in [-0.3, -0.25) is 5.73 Å². The number of halogens is 4. The molecule has 0 aliphatic rings. The number of hydrogen-bond acceptors (Lipinski definition) is 3. The predicted octanol–water partition coefficient (Wildman–Crippen LogP) is 3.87. The standard InChI is InChI=1S/C14H20ClF3N2O/c1-4-12(2,3)7-13(20,21)8-5-9(14(16,17)18)11(19)10(15)6-8/h5-6,21H,4,7,19-20H2,1-3H3. The van der Waals surface area contributed by atoms with Crippen LogP contribution in [0.3, 0.4) is 0 Å². The first-order valence-electron chi connectivity index (χ1n) is 6.48. The number of aliphatic hydroxyl groups is 1. The average Bonchev–Trinajstić information content (AvgIpc) is 2.29. The zero-order chi connectivity index (χ0) is 16.6. The molecule has 120 valence electrons. The Labute approximate surface area is 127 Å². The molecule has 0 heterocycles. The molecule has 0 fully saturated rings. The molecule has 0 amide bonds. The van der Waals surface area contributed by atoms with Crippen LogP contribution in [0.15, 0.2) is 12.1 Å². The first-order chi connectivity index (χ1) is 9.30. The van der Waals surface area contributed by atoms with Crippen LogP contribution in [0.25, 0.3) is 0 Å². The molecular weight excluding hydrogens is 305 g/mol. The van der Waals surface area contributed by atoms with Crippen molar-refractivity contribution in [3.05, 3.63) is 28.3 Å². The molecule has 1 rings (SSSR count). The summed E-state index contributed by atoms with van der Waals surface area (Å²) in [6.45, 7) is 5.65. The van der Waals surface area contributed by atoms with Gasteiger partial charge in [-0.25, -0.2) is 0 Å². The van der Waals surface area contributed by atoms with Crippen molar-refractivity contribution in [1.29, 1.82) is 0 Å². The summed E-state index contributed by atoms with van der Waals surface area (Å²) in [7, 11) is 0. The molecule has 0 saturated heterocycles. The molecule has 1 unspecified atom stereocenters. The molecule has 0 radical (unpaired) electrons. The maximum atomic E-state index is 12.9. The van der Waals surface area contributed by atoms with Gasteiger partial charge in [-0.15, -0.1) is 0 Å². The minimum Gasteiger partial charge on any atom is -0.397 e. The number of benzene rings is 1. The number of alkyl halides is 3. The van der Waals surface area contributed by atoms with E-state index in [1.54, 1.807) is 0 Å². The van der Waals surface area contributed by atoms with E-state index in [1.165, 1.54) is 6.07 Å². The van der Waals surface area contributed by atoms with Crippen LogP contribution in [-0.4, -0.2) is 5.11 Å². The van der Waals surface area contributed by atoms with Crippen LogP contribution in [-0.2, 0) is 11.9 Å². The second-order valence-electron chi connectivity index (χ2n) is 6.04. The minimum absolute atomic E-state index is 0.0913. The molecule has 3 nitrogen and oxygen atoms in total. The maximum Gasteiger partial charge on any atom is 0.418 e. The summed E-state index contributed by atoms with van der Waals surface area (Å²) in [5.74, 6) is 0. The van der Waals surface area contributed by atoms with Gasteiger partial charge in [0, 0.05) is 5.56 Å². The van der Waals surface area contributed by atoms with E-state index in [9.17, 15) is 18.3 Å². The van der Waals surface area contributed by atoms with Crippen molar-refractivity contribution in [2.45, 2.75) is 45.5 Å². The lowest BCUT2D eigenvalue weighted by molar-refractivity contribution is -0.137. The fourth-order valence-electron chi connectivity index (χ4n) is 2.06. The monoisotopic (exact) mass is 324 g/mol. The Bertz CT molecular complexity index is 528.